The Kier molecular flexibility index (Phi) is 6.71. The molecule has 1 heterocycles. The maximum atomic E-state index is 12.3. The molecule has 0 aromatic heterocycles. The van der Waals surface area contributed by atoms with Crippen molar-refractivity contribution >= 4 is 15.7 Å². The molecule has 1 amide bonds. The number of halogens is 2. The summed E-state index contributed by atoms with van der Waals surface area (Å²) < 4.78 is 51.8. The minimum Gasteiger partial charge on any atom is -0.435 e. The molecule has 0 aliphatic carbocycles. The van der Waals surface area contributed by atoms with E-state index >= 15 is 0 Å². The van der Waals surface area contributed by atoms with Gasteiger partial charge in [0.1, 0.15) is 5.75 Å². The van der Waals surface area contributed by atoms with Gasteiger partial charge in [-0.2, -0.15) is 8.78 Å². The second-order valence-electron chi connectivity index (χ2n) is 6.00. The highest BCUT2D eigenvalue weighted by Crippen LogP contribution is 2.17. The van der Waals surface area contributed by atoms with Gasteiger partial charge in [-0.15, -0.1) is 0 Å². The molecule has 25 heavy (non-hydrogen) atoms. The third kappa shape index (κ3) is 6.58. The Labute approximate surface area is 146 Å². The molecule has 9 heteroatoms. The number of carbonyl (C=O) groups is 1. The first-order valence-electron chi connectivity index (χ1n) is 8.03. The number of alkyl halides is 2. The quantitative estimate of drug-likeness (QED) is 0.743. The van der Waals surface area contributed by atoms with E-state index in [4.69, 9.17) is 0 Å². The summed E-state index contributed by atoms with van der Waals surface area (Å²) in [5, 5.41) is 2.74. The minimum absolute atomic E-state index is 0.0160. The van der Waals surface area contributed by atoms with Crippen molar-refractivity contribution < 1.29 is 26.7 Å². The standard InChI is InChI=1S/C16H22F2N2O4S/c1-2-20(9-12-4-3-5-14(8-12)24-16(17)18)10-15(21)19-13-6-7-25(22,23)11-13/h3-5,8,13,16H,2,6-7,9-11H2,1H3,(H,19,21)/t13-/m1/s1. The van der Waals surface area contributed by atoms with Crippen molar-refractivity contribution in [2.24, 2.45) is 0 Å². The predicted molar refractivity (Wildman–Crippen MR) is 89.2 cm³/mol. The van der Waals surface area contributed by atoms with Crippen LogP contribution in [0.5, 0.6) is 5.75 Å². The number of benzene rings is 1. The van der Waals surface area contributed by atoms with E-state index in [0.29, 0.717) is 19.5 Å². The van der Waals surface area contributed by atoms with Crippen LogP contribution in [0, 0.1) is 0 Å². The molecule has 0 saturated carbocycles. The molecule has 2 rings (SSSR count). The Morgan fingerprint density at radius 3 is 2.80 bits per heavy atom. The lowest BCUT2D eigenvalue weighted by atomic mass is 10.2. The third-order valence-corrected chi connectivity index (χ3v) is 5.71. The van der Waals surface area contributed by atoms with Crippen molar-refractivity contribution in [3.63, 3.8) is 0 Å². The average molecular weight is 376 g/mol. The van der Waals surface area contributed by atoms with Gasteiger partial charge in [0, 0.05) is 12.6 Å². The lowest BCUT2D eigenvalue weighted by Gasteiger charge is -2.21. The summed E-state index contributed by atoms with van der Waals surface area (Å²) in [7, 11) is -3.04. The van der Waals surface area contributed by atoms with E-state index in [9.17, 15) is 22.0 Å². The van der Waals surface area contributed by atoms with Crippen LogP contribution in [0.4, 0.5) is 8.78 Å². The molecule has 1 fully saturated rings. The number of nitrogens with zero attached hydrogens (tertiary/aromatic N) is 1. The van der Waals surface area contributed by atoms with Gasteiger partial charge in [0.25, 0.3) is 0 Å². The van der Waals surface area contributed by atoms with Crippen molar-refractivity contribution in [2.45, 2.75) is 32.5 Å². The number of nitrogens with one attached hydrogen (secondary N) is 1. The minimum atomic E-state index is -3.04. The van der Waals surface area contributed by atoms with Crippen LogP contribution >= 0.6 is 0 Å². The molecule has 140 valence electrons. The van der Waals surface area contributed by atoms with E-state index in [1.165, 1.54) is 12.1 Å². The largest absolute Gasteiger partial charge is 0.435 e. The van der Waals surface area contributed by atoms with Crippen molar-refractivity contribution in [2.75, 3.05) is 24.6 Å². The zero-order valence-electron chi connectivity index (χ0n) is 14.0. The molecule has 1 atom stereocenters. The fourth-order valence-electron chi connectivity index (χ4n) is 2.74. The van der Waals surface area contributed by atoms with Gasteiger partial charge >= 0.3 is 6.61 Å². The molecule has 1 aromatic rings. The van der Waals surface area contributed by atoms with E-state index in [1.54, 1.807) is 12.1 Å². The second kappa shape index (κ2) is 8.57. The van der Waals surface area contributed by atoms with E-state index in [2.05, 4.69) is 10.1 Å². The van der Waals surface area contributed by atoms with Crippen LogP contribution in [-0.2, 0) is 21.2 Å². The number of ether oxygens (including phenoxy) is 1. The highest BCUT2D eigenvalue weighted by Gasteiger charge is 2.29. The van der Waals surface area contributed by atoms with Crippen molar-refractivity contribution in [1.82, 2.24) is 10.2 Å². The smallest absolute Gasteiger partial charge is 0.387 e. The predicted octanol–water partition coefficient (Wildman–Crippen LogP) is 1.41. The number of hydrogen-bond donors (Lipinski definition) is 1. The van der Waals surface area contributed by atoms with Gasteiger partial charge in [-0.05, 0) is 30.7 Å². The molecule has 0 radical (unpaired) electrons. The number of likely N-dealkylation sites (N-methyl/N-ethyl adjacent to an activating group) is 1. The molecule has 1 aliphatic heterocycles. The highest BCUT2D eigenvalue weighted by molar-refractivity contribution is 7.91. The molecule has 1 aromatic carbocycles. The molecular formula is C16H22F2N2O4S. The number of amides is 1. The Bertz CT molecular complexity index is 697. The Balaban J connectivity index is 1.88. The van der Waals surface area contributed by atoms with Crippen LogP contribution in [0.25, 0.3) is 0 Å². The van der Waals surface area contributed by atoms with Gasteiger partial charge in [-0.1, -0.05) is 19.1 Å². The normalized spacial score (nSPS) is 19.3. The summed E-state index contributed by atoms with van der Waals surface area (Å²) in [6.45, 7) is 0.0784. The summed E-state index contributed by atoms with van der Waals surface area (Å²) >= 11 is 0. The summed E-state index contributed by atoms with van der Waals surface area (Å²) in [5.41, 5.74) is 0.747. The first kappa shape index (κ1) is 19.6. The highest BCUT2D eigenvalue weighted by atomic mass is 32.2. The first-order chi connectivity index (χ1) is 11.8. The van der Waals surface area contributed by atoms with Crippen molar-refractivity contribution in [3.05, 3.63) is 29.8 Å². The lowest BCUT2D eigenvalue weighted by Crippen LogP contribution is -2.42. The number of rotatable bonds is 8. The zero-order valence-corrected chi connectivity index (χ0v) is 14.8. The lowest BCUT2D eigenvalue weighted by molar-refractivity contribution is -0.122. The molecule has 0 unspecified atom stereocenters. The fourth-order valence-corrected chi connectivity index (χ4v) is 4.42. The van der Waals surface area contributed by atoms with E-state index in [-0.39, 0.29) is 35.7 Å². The van der Waals surface area contributed by atoms with Gasteiger partial charge in [0.05, 0.1) is 18.1 Å². The molecule has 1 N–H and O–H groups in total. The number of hydrogen-bond acceptors (Lipinski definition) is 5. The Hall–Kier alpha value is -1.74. The zero-order chi connectivity index (χ0) is 18.4. The van der Waals surface area contributed by atoms with E-state index < -0.39 is 16.4 Å². The fraction of sp³-hybridized carbons (Fsp3) is 0.562. The molecule has 0 bridgehead atoms. The SMILES string of the molecule is CCN(CC(=O)N[C@@H]1CCS(=O)(=O)C1)Cc1cccc(OC(F)F)c1. The van der Waals surface area contributed by atoms with Crippen LogP contribution in [0.2, 0.25) is 0 Å². The topological polar surface area (TPSA) is 75.7 Å². The Morgan fingerprint density at radius 2 is 2.20 bits per heavy atom. The molecule has 0 spiro atoms. The summed E-state index contributed by atoms with van der Waals surface area (Å²) in [6, 6.07) is 6.00. The van der Waals surface area contributed by atoms with Crippen molar-refractivity contribution in [1.29, 1.82) is 0 Å². The molecule has 1 saturated heterocycles. The van der Waals surface area contributed by atoms with Crippen LogP contribution in [0.1, 0.15) is 18.9 Å². The first-order valence-corrected chi connectivity index (χ1v) is 9.85. The van der Waals surface area contributed by atoms with E-state index in [1.807, 2.05) is 11.8 Å². The van der Waals surface area contributed by atoms with Gasteiger partial charge in [0.15, 0.2) is 9.84 Å². The third-order valence-electron chi connectivity index (χ3n) is 3.94. The van der Waals surface area contributed by atoms with Gasteiger partial charge in [-0.25, -0.2) is 8.42 Å². The van der Waals surface area contributed by atoms with E-state index in [0.717, 1.165) is 5.56 Å². The summed E-state index contributed by atoms with van der Waals surface area (Å²) in [4.78, 5) is 13.9. The maximum Gasteiger partial charge on any atom is 0.387 e. The van der Waals surface area contributed by atoms with Crippen LogP contribution in [-0.4, -0.2) is 56.5 Å². The Morgan fingerprint density at radius 1 is 1.44 bits per heavy atom. The van der Waals surface area contributed by atoms with Gasteiger partial charge in [-0.3, -0.25) is 9.69 Å². The van der Waals surface area contributed by atoms with Crippen LogP contribution in [0.3, 0.4) is 0 Å². The van der Waals surface area contributed by atoms with Crippen molar-refractivity contribution in [3.8, 4) is 5.75 Å². The van der Waals surface area contributed by atoms with Crippen LogP contribution in [0.15, 0.2) is 24.3 Å². The second-order valence-corrected chi connectivity index (χ2v) is 8.23. The summed E-state index contributed by atoms with van der Waals surface area (Å²) in [5.74, 6) is -0.0855. The number of carbonyl (C=O) groups excluding carboxylic acids is 1. The van der Waals surface area contributed by atoms with Crippen LogP contribution < -0.4 is 10.1 Å². The van der Waals surface area contributed by atoms with Gasteiger partial charge in [0.2, 0.25) is 5.91 Å². The summed E-state index contributed by atoms with van der Waals surface area (Å²) in [6.07, 6.45) is 0.438. The molecule has 1 aliphatic rings. The molecular weight excluding hydrogens is 354 g/mol. The monoisotopic (exact) mass is 376 g/mol. The van der Waals surface area contributed by atoms with Gasteiger partial charge < -0.3 is 10.1 Å². The maximum absolute atomic E-state index is 12.3. The molecule has 6 nitrogen and oxygen atoms in total. The average Bonchev–Trinajstić information content (AvgIpc) is 2.85. The number of sulfone groups is 1.